The highest BCUT2D eigenvalue weighted by Crippen LogP contribution is 2.40. The number of benzene rings is 10. The molecule has 0 unspecified atom stereocenters. The Morgan fingerprint density at radius 3 is 1.34 bits per heavy atom. The van der Waals surface area contributed by atoms with Gasteiger partial charge in [0.1, 0.15) is 11.2 Å². The smallest absolute Gasteiger partial charge is 0.164 e. The standard InChI is InChI=1S/C61H39N3O/c1-3-15-40(16-4-1)46-19-13-20-47(39-46)60-62-59(63-61(64-60)56-25-10-7-21-48(56)41-17-5-2-6-18-41)45-35-33-43(34-36-45)50-38-37-49(52-22-8-9-23-53(50)52)42-29-31-44(32-30-42)51-26-14-27-55-54-24-11-12-28-57(54)65-58(51)55/h1-39H. The van der Waals surface area contributed by atoms with Crippen molar-refractivity contribution in [1.82, 2.24) is 15.0 Å². The third kappa shape index (κ3) is 7.04. The van der Waals surface area contributed by atoms with E-state index in [1.807, 2.05) is 30.3 Å². The molecule has 0 fully saturated rings. The van der Waals surface area contributed by atoms with Gasteiger partial charge in [0.25, 0.3) is 0 Å². The van der Waals surface area contributed by atoms with Gasteiger partial charge in [0.2, 0.25) is 0 Å². The molecule has 0 aliphatic carbocycles. The number of rotatable bonds is 8. The predicted octanol–water partition coefficient (Wildman–Crippen LogP) is 16.3. The molecule has 4 nitrogen and oxygen atoms in total. The Labute approximate surface area is 376 Å². The molecule has 12 aromatic rings. The Hall–Kier alpha value is -8.73. The van der Waals surface area contributed by atoms with Crippen molar-refractivity contribution in [2.75, 3.05) is 0 Å². The first-order valence-corrected chi connectivity index (χ1v) is 21.9. The lowest BCUT2D eigenvalue weighted by Gasteiger charge is -2.14. The van der Waals surface area contributed by atoms with Gasteiger partial charge in [0, 0.05) is 33.0 Å². The van der Waals surface area contributed by atoms with Crippen molar-refractivity contribution in [3.8, 4) is 89.8 Å². The highest BCUT2D eigenvalue weighted by atomic mass is 16.3. The van der Waals surface area contributed by atoms with Crippen LogP contribution in [0.3, 0.4) is 0 Å². The van der Waals surface area contributed by atoms with Crippen molar-refractivity contribution in [2.45, 2.75) is 0 Å². The third-order valence-electron chi connectivity index (χ3n) is 12.4. The Morgan fingerprint density at radius 1 is 0.231 bits per heavy atom. The fraction of sp³-hybridized carbons (Fsp3) is 0. The lowest BCUT2D eigenvalue weighted by Crippen LogP contribution is -2.01. The van der Waals surface area contributed by atoms with E-state index in [9.17, 15) is 0 Å². The Kier molecular flexibility index (Phi) is 9.46. The second-order valence-corrected chi connectivity index (χ2v) is 16.3. The molecule has 0 N–H and O–H groups in total. The van der Waals surface area contributed by atoms with Crippen LogP contribution in [0.1, 0.15) is 0 Å². The summed E-state index contributed by atoms with van der Waals surface area (Å²) in [5.41, 5.74) is 15.9. The molecule has 0 atom stereocenters. The van der Waals surface area contributed by atoms with E-state index in [1.54, 1.807) is 0 Å². The SMILES string of the molecule is c1ccc(-c2cccc(-c3nc(-c4ccc(-c5ccc(-c6ccc(-c7cccc8c7oc7ccccc78)cc6)c6ccccc56)cc4)nc(-c4ccccc4-c4ccccc4)n3)c2)cc1. The van der Waals surface area contributed by atoms with Crippen LogP contribution in [0.15, 0.2) is 241 Å². The molecule has 12 rings (SSSR count). The highest BCUT2D eigenvalue weighted by molar-refractivity contribution is 6.10. The average molecular weight is 830 g/mol. The molecule has 4 heteroatoms. The second kappa shape index (κ2) is 16.2. The van der Waals surface area contributed by atoms with Crippen LogP contribution < -0.4 is 0 Å². The summed E-state index contributed by atoms with van der Waals surface area (Å²) in [7, 11) is 0. The van der Waals surface area contributed by atoms with Gasteiger partial charge in [0.05, 0.1) is 0 Å². The van der Waals surface area contributed by atoms with Gasteiger partial charge in [-0.2, -0.15) is 0 Å². The van der Waals surface area contributed by atoms with E-state index < -0.39 is 0 Å². The largest absolute Gasteiger partial charge is 0.455 e. The van der Waals surface area contributed by atoms with E-state index in [2.05, 4.69) is 206 Å². The highest BCUT2D eigenvalue weighted by Gasteiger charge is 2.18. The molecule has 0 saturated carbocycles. The molecule has 2 heterocycles. The molecule has 0 aliphatic heterocycles. The number of hydrogen-bond donors (Lipinski definition) is 0. The lowest BCUT2D eigenvalue weighted by molar-refractivity contribution is 0.670. The Morgan fingerprint density at radius 2 is 0.662 bits per heavy atom. The van der Waals surface area contributed by atoms with Crippen molar-refractivity contribution in [3.05, 3.63) is 237 Å². The van der Waals surface area contributed by atoms with Crippen molar-refractivity contribution in [1.29, 1.82) is 0 Å². The molecule has 304 valence electrons. The zero-order valence-electron chi connectivity index (χ0n) is 35.3. The number of furan rings is 1. The van der Waals surface area contributed by atoms with E-state index in [0.717, 1.165) is 88.7 Å². The molecule has 0 bridgehead atoms. The van der Waals surface area contributed by atoms with Crippen molar-refractivity contribution < 1.29 is 4.42 Å². The molecule has 65 heavy (non-hydrogen) atoms. The summed E-state index contributed by atoms with van der Waals surface area (Å²) in [5, 5.41) is 4.66. The fourth-order valence-electron chi connectivity index (χ4n) is 9.18. The first-order chi connectivity index (χ1) is 32.2. The van der Waals surface area contributed by atoms with Gasteiger partial charge in [0.15, 0.2) is 17.5 Å². The lowest BCUT2D eigenvalue weighted by atomic mass is 9.91. The summed E-state index contributed by atoms with van der Waals surface area (Å²) in [5.74, 6) is 1.86. The summed E-state index contributed by atoms with van der Waals surface area (Å²) >= 11 is 0. The minimum absolute atomic E-state index is 0.615. The van der Waals surface area contributed by atoms with Gasteiger partial charge < -0.3 is 4.42 Å². The topological polar surface area (TPSA) is 51.8 Å². The quantitative estimate of drug-likeness (QED) is 0.153. The van der Waals surface area contributed by atoms with E-state index in [-0.39, 0.29) is 0 Å². The van der Waals surface area contributed by atoms with Crippen LogP contribution in [0.4, 0.5) is 0 Å². The maximum absolute atomic E-state index is 6.37. The summed E-state index contributed by atoms with van der Waals surface area (Å²) in [6.45, 7) is 0. The Balaban J connectivity index is 0.909. The first kappa shape index (κ1) is 38.0. The summed E-state index contributed by atoms with van der Waals surface area (Å²) in [6.07, 6.45) is 0. The number of hydrogen-bond acceptors (Lipinski definition) is 4. The minimum Gasteiger partial charge on any atom is -0.455 e. The van der Waals surface area contributed by atoms with Crippen molar-refractivity contribution >= 4 is 32.7 Å². The fourth-order valence-corrected chi connectivity index (χ4v) is 9.18. The summed E-state index contributed by atoms with van der Waals surface area (Å²) in [4.78, 5) is 15.5. The molecule has 2 aromatic heterocycles. The van der Waals surface area contributed by atoms with Gasteiger partial charge >= 0.3 is 0 Å². The molecule has 0 saturated heterocycles. The zero-order chi connectivity index (χ0) is 43.1. The van der Waals surface area contributed by atoms with Crippen LogP contribution in [-0.4, -0.2) is 15.0 Å². The van der Waals surface area contributed by atoms with Crippen LogP contribution in [0.5, 0.6) is 0 Å². The van der Waals surface area contributed by atoms with Crippen LogP contribution >= 0.6 is 0 Å². The van der Waals surface area contributed by atoms with Crippen LogP contribution in [0.25, 0.3) is 123 Å². The van der Waals surface area contributed by atoms with Crippen LogP contribution in [0.2, 0.25) is 0 Å². The number of fused-ring (bicyclic) bond motifs is 4. The van der Waals surface area contributed by atoms with Gasteiger partial charge in [-0.25, -0.2) is 15.0 Å². The van der Waals surface area contributed by atoms with Gasteiger partial charge in [-0.3, -0.25) is 0 Å². The molecule has 0 aliphatic rings. The second-order valence-electron chi connectivity index (χ2n) is 16.3. The van der Waals surface area contributed by atoms with Gasteiger partial charge in [-0.15, -0.1) is 0 Å². The van der Waals surface area contributed by atoms with E-state index >= 15 is 0 Å². The molecule has 0 radical (unpaired) electrons. The molecule has 10 aromatic carbocycles. The summed E-state index contributed by atoms with van der Waals surface area (Å²) in [6, 6.07) is 82.9. The molecule has 0 spiro atoms. The number of para-hydroxylation sites is 2. The minimum atomic E-state index is 0.615. The third-order valence-corrected chi connectivity index (χ3v) is 12.4. The first-order valence-electron chi connectivity index (χ1n) is 21.9. The summed E-state index contributed by atoms with van der Waals surface area (Å²) < 4.78 is 6.37. The van der Waals surface area contributed by atoms with Crippen LogP contribution in [-0.2, 0) is 0 Å². The maximum Gasteiger partial charge on any atom is 0.164 e. The van der Waals surface area contributed by atoms with Crippen molar-refractivity contribution in [3.63, 3.8) is 0 Å². The maximum atomic E-state index is 6.37. The van der Waals surface area contributed by atoms with Crippen molar-refractivity contribution in [2.24, 2.45) is 0 Å². The monoisotopic (exact) mass is 829 g/mol. The zero-order valence-corrected chi connectivity index (χ0v) is 35.3. The normalized spacial score (nSPS) is 11.4. The van der Waals surface area contributed by atoms with Crippen LogP contribution in [0, 0.1) is 0 Å². The number of aromatic nitrogens is 3. The number of nitrogens with zero attached hydrogens (tertiary/aromatic N) is 3. The van der Waals surface area contributed by atoms with E-state index in [4.69, 9.17) is 19.4 Å². The molecule has 0 amide bonds. The average Bonchev–Trinajstić information content (AvgIpc) is 3.78. The molecular weight excluding hydrogens is 791 g/mol. The van der Waals surface area contributed by atoms with Gasteiger partial charge in [-0.1, -0.05) is 224 Å². The van der Waals surface area contributed by atoms with Gasteiger partial charge in [-0.05, 0) is 73.0 Å². The Bertz CT molecular complexity index is 3690. The van der Waals surface area contributed by atoms with E-state index in [1.165, 1.54) is 16.3 Å². The molecular formula is C61H39N3O. The van der Waals surface area contributed by atoms with E-state index in [0.29, 0.717) is 17.5 Å². The predicted molar refractivity (Wildman–Crippen MR) is 268 cm³/mol.